The van der Waals surface area contributed by atoms with Crippen LogP contribution < -0.4 is 5.73 Å². The maximum absolute atomic E-state index is 11.9. The standard InChI is InChI=1S/C10H13N5O2S/c1-14(2)18(16,17)15-10(11)7-9(13-15)8-5-3-4-6-12-8/h3-7H,11H2,1-2H3. The van der Waals surface area contributed by atoms with E-state index >= 15 is 0 Å². The third kappa shape index (κ3) is 2.07. The van der Waals surface area contributed by atoms with Gasteiger partial charge in [-0.2, -0.15) is 17.8 Å². The molecule has 96 valence electrons. The van der Waals surface area contributed by atoms with Gasteiger partial charge >= 0.3 is 10.2 Å². The molecule has 8 heteroatoms. The maximum atomic E-state index is 11.9. The predicted octanol–water partition coefficient (Wildman–Crippen LogP) is 0.182. The number of hydrogen-bond acceptors (Lipinski definition) is 5. The lowest BCUT2D eigenvalue weighted by atomic mass is 10.3. The Bertz CT molecular complexity index is 648. The first-order chi connectivity index (χ1) is 8.43. The molecule has 0 aromatic carbocycles. The maximum Gasteiger partial charge on any atom is 0.324 e. The zero-order valence-electron chi connectivity index (χ0n) is 9.98. The zero-order valence-corrected chi connectivity index (χ0v) is 10.8. The van der Waals surface area contributed by atoms with Crippen molar-refractivity contribution >= 4 is 16.0 Å². The first-order valence-corrected chi connectivity index (χ1v) is 6.52. The molecule has 0 saturated carbocycles. The van der Waals surface area contributed by atoms with Gasteiger partial charge in [0.15, 0.2) is 0 Å². The van der Waals surface area contributed by atoms with Crippen LogP contribution in [0.25, 0.3) is 11.4 Å². The van der Waals surface area contributed by atoms with Crippen molar-refractivity contribution in [1.29, 1.82) is 0 Å². The van der Waals surface area contributed by atoms with Gasteiger partial charge in [0.05, 0.1) is 5.69 Å². The van der Waals surface area contributed by atoms with Crippen LogP contribution in [0.3, 0.4) is 0 Å². The number of aromatic nitrogens is 3. The number of nitrogen functional groups attached to an aromatic ring is 1. The third-order valence-corrected chi connectivity index (χ3v) is 3.96. The quantitative estimate of drug-likeness (QED) is 0.856. The van der Waals surface area contributed by atoms with Gasteiger partial charge in [-0.05, 0) is 12.1 Å². The molecular formula is C10H13N5O2S. The Morgan fingerprint density at radius 2 is 2.00 bits per heavy atom. The highest BCUT2D eigenvalue weighted by Crippen LogP contribution is 2.19. The van der Waals surface area contributed by atoms with Crippen molar-refractivity contribution < 1.29 is 8.42 Å². The average molecular weight is 267 g/mol. The number of nitrogens with two attached hydrogens (primary N) is 1. The van der Waals surface area contributed by atoms with Crippen molar-refractivity contribution in [2.24, 2.45) is 0 Å². The van der Waals surface area contributed by atoms with Gasteiger partial charge < -0.3 is 5.73 Å². The van der Waals surface area contributed by atoms with Gasteiger partial charge in [0, 0.05) is 26.4 Å². The average Bonchev–Trinajstić information content (AvgIpc) is 2.73. The second-order valence-electron chi connectivity index (χ2n) is 3.80. The van der Waals surface area contributed by atoms with E-state index < -0.39 is 10.2 Å². The molecule has 0 aliphatic carbocycles. The molecule has 2 aromatic rings. The Hall–Kier alpha value is -1.93. The summed E-state index contributed by atoms with van der Waals surface area (Å²) >= 11 is 0. The summed E-state index contributed by atoms with van der Waals surface area (Å²) in [6.07, 6.45) is 1.60. The van der Waals surface area contributed by atoms with Crippen molar-refractivity contribution in [2.45, 2.75) is 0 Å². The molecule has 0 radical (unpaired) electrons. The molecule has 0 bridgehead atoms. The third-order valence-electron chi connectivity index (χ3n) is 2.31. The normalized spacial score (nSPS) is 11.9. The van der Waals surface area contributed by atoms with Crippen LogP contribution in [0, 0.1) is 0 Å². The lowest BCUT2D eigenvalue weighted by molar-refractivity contribution is 0.505. The number of anilines is 1. The van der Waals surface area contributed by atoms with Gasteiger partial charge in [-0.15, -0.1) is 4.09 Å². The summed E-state index contributed by atoms with van der Waals surface area (Å²) in [5, 5.41) is 3.97. The van der Waals surface area contributed by atoms with Crippen LogP contribution in [0.5, 0.6) is 0 Å². The summed E-state index contributed by atoms with van der Waals surface area (Å²) in [4.78, 5) is 4.09. The molecule has 0 unspecified atom stereocenters. The van der Waals surface area contributed by atoms with E-state index in [0.29, 0.717) is 11.4 Å². The van der Waals surface area contributed by atoms with E-state index in [0.717, 1.165) is 8.39 Å². The van der Waals surface area contributed by atoms with E-state index in [-0.39, 0.29) is 5.82 Å². The molecule has 18 heavy (non-hydrogen) atoms. The monoisotopic (exact) mass is 267 g/mol. The summed E-state index contributed by atoms with van der Waals surface area (Å²) in [7, 11) is -0.881. The molecule has 0 fully saturated rings. The van der Waals surface area contributed by atoms with Crippen LogP contribution >= 0.6 is 0 Å². The summed E-state index contributed by atoms with van der Waals surface area (Å²) in [5.74, 6) is 0.0457. The second-order valence-corrected chi connectivity index (χ2v) is 5.77. The minimum Gasteiger partial charge on any atom is -0.383 e. The second kappa shape index (κ2) is 4.39. The molecule has 2 N–H and O–H groups in total. The van der Waals surface area contributed by atoms with Gasteiger partial charge in [0.1, 0.15) is 11.5 Å². The van der Waals surface area contributed by atoms with Crippen LogP contribution in [-0.2, 0) is 10.2 Å². The Morgan fingerprint density at radius 1 is 1.28 bits per heavy atom. The highest BCUT2D eigenvalue weighted by Gasteiger charge is 2.21. The van der Waals surface area contributed by atoms with Gasteiger partial charge in [-0.3, -0.25) is 4.98 Å². The zero-order chi connectivity index (χ0) is 13.3. The fraction of sp³-hybridized carbons (Fsp3) is 0.200. The molecule has 0 amide bonds. The molecule has 7 nitrogen and oxygen atoms in total. The molecule has 2 rings (SSSR count). The fourth-order valence-electron chi connectivity index (χ4n) is 1.36. The Balaban J connectivity index is 2.53. The van der Waals surface area contributed by atoms with Crippen molar-refractivity contribution in [3.63, 3.8) is 0 Å². The van der Waals surface area contributed by atoms with Gasteiger partial charge in [0.2, 0.25) is 0 Å². The van der Waals surface area contributed by atoms with Crippen molar-refractivity contribution in [3.8, 4) is 11.4 Å². The number of pyridine rings is 1. The molecule has 0 aliphatic heterocycles. The molecule has 2 aromatic heterocycles. The van der Waals surface area contributed by atoms with Gasteiger partial charge in [-0.1, -0.05) is 6.07 Å². The van der Waals surface area contributed by atoms with E-state index in [9.17, 15) is 8.42 Å². The van der Waals surface area contributed by atoms with Crippen LogP contribution in [0.2, 0.25) is 0 Å². The minimum absolute atomic E-state index is 0.0457. The first-order valence-electron chi connectivity index (χ1n) is 5.13. The number of hydrogen-bond donors (Lipinski definition) is 1. The lowest BCUT2D eigenvalue weighted by Crippen LogP contribution is -2.30. The summed E-state index contributed by atoms with van der Waals surface area (Å²) in [6.45, 7) is 0. The Kier molecular flexibility index (Phi) is 3.05. The summed E-state index contributed by atoms with van der Waals surface area (Å²) in [5.41, 5.74) is 6.65. The number of rotatable bonds is 3. The van der Waals surface area contributed by atoms with Crippen LogP contribution in [0.15, 0.2) is 30.5 Å². The van der Waals surface area contributed by atoms with E-state index in [1.165, 1.54) is 20.2 Å². The molecule has 0 atom stereocenters. The van der Waals surface area contributed by atoms with Crippen molar-refractivity contribution in [2.75, 3.05) is 19.8 Å². The van der Waals surface area contributed by atoms with E-state index in [2.05, 4.69) is 10.1 Å². The SMILES string of the molecule is CN(C)S(=O)(=O)n1nc(-c2ccccn2)cc1N. The lowest BCUT2D eigenvalue weighted by Gasteiger charge is -2.11. The molecule has 0 aliphatic rings. The van der Waals surface area contributed by atoms with Crippen LogP contribution in [0.4, 0.5) is 5.82 Å². The Labute approximate surface area is 105 Å². The van der Waals surface area contributed by atoms with E-state index in [1.54, 1.807) is 24.4 Å². The summed E-state index contributed by atoms with van der Waals surface area (Å²) in [6, 6.07) is 6.76. The highest BCUT2D eigenvalue weighted by molar-refractivity contribution is 7.87. The minimum atomic E-state index is -3.71. The molecule has 2 heterocycles. The van der Waals surface area contributed by atoms with E-state index in [4.69, 9.17) is 5.73 Å². The van der Waals surface area contributed by atoms with Crippen LogP contribution in [-0.4, -0.2) is 41.0 Å². The Morgan fingerprint density at radius 3 is 2.56 bits per heavy atom. The molecule has 0 saturated heterocycles. The largest absolute Gasteiger partial charge is 0.383 e. The van der Waals surface area contributed by atoms with Crippen LogP contribution in [0.1, 0.15) is 0 Å². The molecular weight excluding hydrogens is 254 g/mol. The predicted molar refractivity (Wildman–Crippen MR) is 67.9 cm³/mol. The van der Waals surface area contributed by atoms with Gasteiger partial charge in [-0.25, -0.2) is 0 Å². The van der Waals surface area contributed by atoms with Crippen molar-refractivity contribution in [3.05, 3.63) is 30.5 Å². The first kappa shape index (κ1) is 12.5. The van der Waals surface area contributed by atoms with Gasteiger partial charge in [0.25, 0.3) is 0 Å². The fourth-order valence-corrected chi connectivity index (χ4v) is 2.18. The topological polar surface area (TPSA) is 94.1 Å². The molecule has 0 spiro atoms. The highest BCUT2D eigenvalue weighted by atomic mass is 32.2. The van der Waals surface area contributed by atoms with E-state index in [1.807, 2.05) is 0 Å². The summed E-state index contributed by atoms with van der Waals surface area (Å²) < 4.78 is 25.7. The smallest absolute Gasteiger partial charge is 0.324 e. The van der Waals surface area contributed by atoms with Crippen molar-refractivity contribution in [1.82, 2.24) is 18.5 Å². The number of nitrogens with zero attached hydrogens (tertiary/aromatic N) is 4.